The number of rotatable bonds is 7. The van der Waals surface area contributed by atoms with E-state index in [1.807, 2.05) is 6.07 Å². The smallest absolute Gasteiger partial charge is 0.358 e. The zero-order valence-corrected chi connectivity index (χ0v) is 16.2. The Morgan fingerprint density at radius 3 is 2.60 bits per heavy atom. The second-order valence-electron chi connectivity index (χ2n) is 7.03. The molecule has 2 atom stereocenters. The average molecular weight is 417 g/mol. The van der Waals surface area contributed by atoms with Crippen molar-refractivity contribution in [1.82, 2.24) is 20.3 Å². The average Bonchev–Trinajstić information content (AvgIpc) is 2.85. The summed E-state index contributed by atoms with van der Waals surface area (Å²) in [6.07, 6.45) is 0.613. The first-order valence-electron chi connectivity index (χ1n) is 9.61. The molecule has 11 heteroatoms. The van der Waals surface area contributed by atoms with Crippen molar-refractivity contribution in [3.63, 3.8) is 0 Å². The number of hydrogen-bond donors (Lipinski definition) is 3. The second-order valence-corrected chi connectivity index (χ2v) is 7.03. The van der Waals surface area contributed by atoms with Crippen LogP contribution in [0.5, 0.6) is 0 Å². The number of anilines is 1. The summed E-state index contributed by atoms with van der Waals surface area (Å²) in [5, 5.41) is 14.9. The largest absolute Gasteiger partial charge is 0.481 e. The highest BCUT2D eigenvalue weighted by molar-refractivity contribution is 5.92. The minimum atomic E-state index is -1.24. The van der Waals surface area contributed by atoms with E-state index in [4.69, 9.17) is 5.11 Å². The Balaban J connectivity index is 1.82. The van der Waals surface area contributed by atoms with Gasteiger partial charge in [0, 0.05) is 13.0 Å². The van der Waals surface area contributed by atoms with Crippen molar-refractivity contribution in [1.29, 1.82) is 0 Å². The van der Waals surface area contributed by atoms with Crippen LogP contribution in [0.3, 0.4) is 0 Å². The molecule has 30 heavy (non-hydrogen) atoms. The maximum atomic E-state index is 13.2. The van der Waals surface area contributed by atoms with E-state index in [0.717, 1.165) is 5.01 Å². The molecule has 4 amide bonds. The van der Waals surface area contributed by atoms with E-state index in [1.165, 1.54) is 10.0 Å². The Bertz CT molecular complexity index is 832. The van der Waals surface area contributed by atoms with Crippen molar-refractivity contribution in [3.05, 3.63) is 30.3 Å². The van der Waals surface area contributed by atoms with E-state index >= 15 is 0 Å². The molecule has 0 aliphatic carbocycles. The molecule has 2 heterocycles. The molecule has 0 unspecified atom stereocenters. The molecule has 0 spiro atoms. The summed E-state index contributed by atoms with van der Waals surface area (Å²) in [5.41, 5.74) is 3.60. The maximum absolute atomic E-state index is 13.2. The number of amides is 4. The molecule has 160 valence electrons. The van der Waals surface area contributed by atoms with Gasteiger partial charge in [0.1, 0.15) is 12.3 Å². The van der Waals surface area contributed by atoms with Gasteiger partial charge in [0.25, 0.3) is 0 Å². The van der Waals surface area contributed by atoms with Crippen molar-refractivity contribution in [2.24, 2.45) is 0 Å². The number of hydrogen-bond acceptors (Lipinski definition) is 6. The van der Waals surface area contributed by atoms with Gasteiger partial charge in [0.15, 0.2) is 0 Å². The van der Waals surface area contributed by atoms with Crippen molar-refractivity contribution in [2.75, 3.05) is 18.5 Å². The Kier molecular flexibility index (Phi) is 6.50. The van der Waals surface area contributed by atoms with Gasteiger partial charge in [0.05, 0.1) is 24.7 Å². The molecule has 1 aromatic carbocycles. The number of nitrogens with one attached hydrogen (secondary N) is 2. The van der Waals surface area contributed by atoms with Gasteiger partial charge in [-0.25, -0.2) is 19.8 Å². The first-order valence-corrected chi connectivity index (χ1v) is 9.61. The number of aliphatic carboxylic acids is 1. The topological polar surface area (TPSA) is 139 Å². The highest BCUT2D eigenvalue weighted by atomic mass is 16.4. The summed E-state index contributed by atoms with van der Waals surface area (Å²) < 4.78 is 0. The number of benzene rings is 1. The number of carboxylic acid groups (broad SMARTS) is 1. The summed E-state index contributed by atoms with van der Waals surface area (Å²) >= 11 is 0. The van der Waals surface area contributed by atoms with Gasteiger partial charge in [-0.3, -0.25) is 19.8 Å². The van der Waals surface area contributed by atoms with Crippen LogP contribution in [0, 0.1) is 0 Å². The fourth-order valence-corrected chi connectivity index (χ4v) is 3.48. The van der Waals surface area contributed by atoms with Gasteiger partial charge < -0.3 is 15.2 Å². The molecule has 3 N–H and O–H groups in total. The number of carboxylic acids is 1. The van der Waals surface area contributed by atoms with Crippen molar-refractivity contribution >= 4 is 35.8 Å². The normalized spacial score (nSPS) is 20.1. The minimum Gasteiger partial charge on any atom is -0.481 e. The zero-order chi connectivity index (χ0) is 21.7. The van der Waals surface area contributed by atoms with Crippen LogP contribution >= 0.6 is 0 Å². The fourth-order valence-electron chi connectivity index (χ4n) is 3.48. The standard InChI is InChI=1S/C19H23N5O6/c25-12-14(11-17(27)28)20-18(29)15-7-4-9-23-16(26)8-10-22(19(30)24(15)23)21-13-5-2-1-3-6-13/h1-3,5-6,12,14-15,21H,4,7-11H2,(H,20,29)(H,27,28)/t14-,15-/m0/s1. The summed E-state index contributed by atoms with van der Waals surface area (Å²) in [5.74, 6) is -2.21. The molecule has 0 aromatic heterocycles. The molecule has 2 saturated heterocycles. The molecule has 3 rings (SSSR count). The third kappa shape index (κ3) is 4.67. The van der Waals surface area contributed by atoms with Gasteiger partial charge in [-0.05, 0) is 25.0 Å². The lowest BCUT2D eigenvalue weighted by molar-refractivity contribution is -0.155. The highest BCUT2D eigenvalue weighted by Crippen LogP contribution is 2.24. The van der Waals surface area contributed by atoms with E-state index in [-0.39, 0.29) is 25.3 Å². The zero-order valence-electron chi connectivity index (χ0n) is 16.2. The fraction of sp³-hybridized carbons (Fsp3) is 0.421. The van der Waals surface area contributed by atoms with Crippen molar-refractivity contribution < 1.29 is 29.1 Å². The van der Waals surface area contributed by atoms with Crippen LogP contribution in [-0.2, 0) is 19.2 Å². The molecular formula is C19H23N5O6. The first kappa shape index (κ1) is 21.1. The summed E-state index contributed by atoms with van der Waals surface area (Å²) in [7, 11) is 0. The van der Waals surface area contributed by atoms with E-state index in [9.17, 15) is 24.0 Å². The number of hydrazine groups is 2. The number of para-hydroxylation sites is 1. The number of carbonyl (C=O) groups excluding carboxylic acids is 4. The number of aldehydes is 1. The summed E-state index contributed by atoms with van der Waals surface area (Å²) in [6, 6.07) is 6.10. The molecule has 2 aliphatic heterocycles. The van der Waals surface area contributed by atoms with Crippen LogP contribution in [0.25, 0.3) is 0 Å². The third-order valence-electron chi connectivity index (χ3n) is 4.89. The van der Waals surface area contributed by atoms with Gasteiger partial charge in [0.2, 0.25) is 11.8 Å². The predicted octanol–water partition coefficient (Wildman–Crippen LogP) is 0.206. The Morgan fingerprint density at radius 2 is 1.93 bits per heavy atom. The van der Waals surface area contributed by atoms with Crippen molar-refractivity contribution in [2.45, 2.75) is 37.8 Å². The number of fused-ring (bicyclic) bond motifs is 1. The lowest BCUT2D eigenvalue weighted by atomic mass is 10.1. The van der Waals surface area contributed by atoms with Crippen molar-refractivity contribution in [3.8, 4) is 0 Å². The van der Waals surface area contributed by atoms with E-state index in [2.05, 4.69) is 10.7 Å². The molecule has 0 radical (unpaired) electrons. The van der Waals surface area contributed by atoms with Crippen LogP contribution in [-0.4, -0.2) is 75.4 Å². The van der Waals surface area contributed by atoms with Gasteiger partial charge in [-0.1, -0.05) is 18.2 Å². The number of urea groups is 1. The van der Waals surface area contributed by atoms with Crippen LogP contribution in [0.1, 0.15) is 25.7 Å². The molecule has 0 bridgehead atoms. The number of carbonyl (C=O) groups is 5. The highest BCUT2D eigenvalue weighted by Gasteiger charge is 2.44. The quantitative estimate of drug-likeness (QED) is 0.539. The molecule has 2 aliphatic rings. The SMILES string of the molecule is O=C[C@H](CC(=O)O)NC(=O)[C@@H]1CCCN2C(=O)CCN(Nc3ccccc3)C(=O)N12. The van der Waals surface area contributed by atoms with Crippen LogP contribution in [0.4, 0.5) is 10.5 Å². The van der Waals surface area contributed by atoms with Crippen LogP contribution < -0.4 is 10.7 Å². The van der Waals surface area contributed by atoms with Gasteiger partial charge in [-0.15, -0.1) is 0 Å². The monoisotopic (exact) mass is 417 g/mol. The molecule has 2 fully saturated rings. The van der Waals surface area contributed by atoms with Gasteiger partial charge >= 0.3 is 12.0 Å². The first-order chi connectivity index (χ1) is 14.4. The number of nitrogens with zero attached hydrogens (tertiary/aromatic N) is 3. The van der Waals surface area contributed by atoms with E-state index in [1.54, 1.807) is 24.3 Å². The summed E-state index contributed by atoms with van der Waals surface area (Å²) in [6.45, 7) is 0.406. The third-order valence-corrected chi connectivity index (χ3v) is 4.89. The van der Waals surface area contributed by atoms with Crippen LogP contribution in [0.2, 0.25) is 0 Å². The van der Waals surface area contributed by atoms with E-state index in [0.29, 0.717) is 24.9 Å². The predicted molar refractivity (Wildman–Crippen MR) is 104 cm³/mol. The summed E-state index contributed by atoms with van der Waals surface area (Å²) in [4.78, 5) is 60.6. The molecule has 0 saturated carbocycles. The lowest BCUT2D eigenvalue weighted by Gasteiger charge is -2.43. The van der Waals surface area contributed by atoms with Crippen LogP contribution in [0.15, 0.2) is 30.3 Å². The van der Waals surface area contributed by atoms with E-state index < -0.39 is 36.4 Å². The Hall–Kier alpha value is -3.63. The maximum Gasteiger partial charge on any atom is 0.358 e. The Morgan fingerprint density at radius 1 is 1.20 bits per heavy atom. The second kappa shape index (κ2) is 9.25. The molecule has 1 aromatic rings. The lowest BCUT2D eigenvalue weighted by Crippen LogP contribution is -2.63. The minimum absolute atomic E-state index is 0.0758. The molecule has 11 nitrogen and oxygen atoms in total. The Labute approximate surface area is 172 Å². The molecular weight excluding hydrogens is 394 g/mol. The van der Waals surface area contributed by atoms with Gasteiger partial charge in [-0.2, -0.15) is 0 Å².